The topological polar surface area (TPSA) is 41.6 Å². The molecule has 0 bridgehead atoms. The molecule has 3 rings (SSSR count). The van der Waals surface area contributed by atoms with Crippen molar-refractivity contribution in [3.63, 3.8) is 0 Å². The number of aryl methyl sites for hydroxylation is 2. The lowest BCUT2D eigenvalue weighted by molar-refractivity contribution is -0.120. The predicted molar refractivity (Wildman–Crippen MR) is 78.0 cm³/mol. The zero-order chi connectivity index (χ0) is 13.4. The van der Waals surface area contributed by atoms with Crippen molar-refractivity contribution in [1.29, 1.82) is 0 Å². The number of ether oxygens (including phenoxy) is 1. The fourth-order valence-corrected chi connectivity index (χ4v) is 3.63. The Bertz CT molecular complexity index is 512. The Kier molecular flexibility index (Phi) is 3.41. The molecule has 1 saturated heterocycles. The van der Waals surface area contributed by atoms with Gasteiger partial charge in [-0.05, 0) is 31.0 Å². The Morgan fingerprint density at radius 3 is 3.05 bits per heavy atom. The van der Waals surface area contributed by atoms with Crippen LogP contribution in [0.5, 0.6) is 5.75 Å². The largest absolute Gasteiger partial charge is 0.490 e. The number of amides is 1. The minimum absolute atomic E-state index is 0.0587. The molecule has 1 fully saturated rings. The van der Waals surface area contributed by atoms with Gasteiger partial charge in [-0.15, -0.1) is 11.8 Å². The van der Waals surface area contributed by atoms with Crippen molar-refractivity contribution < 1.29 is 9.53 Å². The van der Waals surface area contributed by atoms with E-state index in [1.807, 2.05) is 24.8 Å². The maximum Gasteiger partial charge on any atom is 0.245 e. The molecule has 1 N–H and O–H groups in total. The van der Waals surface area contributed by atoms with Gasteiger partial charge in [-0.1, -0.05) is 6.07 Å². The quantitative estimate of drug-likeness (QED) is 0.849. The van der Waals surface area contributed by atoms with Crippen molar-refractivity contribution in [3.05, 3.63) is 23.3 Å². The summed E-state index contributed by atoms with van der Waals surface area (Å²) in [6.07, 6.45) is 0. The maximum atomic E-state index is 12.6. The van der Waals surface area contributed by atoms with Gasteiger partial charge in [0.05, 0.1) is 18.3 Å². The Morgan fingerprint density at radius 2 is 2.32 bits per heavy atom. The fraction of sp³-hybridized carbons (Fsp3) is 0.500. The summed E-state index contributed by atoms with van der Waals surface area (Å²) in [5.74, 6) is 2.72. The second-order valence-electron chi connectivity index (χ2n) is 5.04. The van der Waals surface area contributed by atoms with Crippen LogP contribution < -0.4 is 15.0 Å². The molecule has 1 unspecified atom stereocenters. The Balaban J connectivity index is 1.95. The van der Waals surface area contributed by atoms with E-state index in [0.29, 0.717) is 13.2 Å². The van der Waals surface area contributed by atoms with Gasteiger partial charge in [0.25, 0.3) is 0 Å². The first-order valence-electron chi connectivity index (χ1n) is 6.53. The first kappa shape index (κ1) is 12.8. The first-order valence-corrected chi connectivity index (χ1v) is 7.69. The number of thioether (sulfide) groups is 1. The van der Waals surface area contributed by atoms with Gasteiger partial charge in [-0.3, -0.25) is 10.1 Å². The van der Waals surface area contributed by atoms with Crippen molar-refractivity contribution in [1.82, 2.24) is 5.32 Å². The third kappa shape index (κ3) is 2.32. The SMILES string of the molecule is Cc1cc(C)c2c(c1)OCCN2C(=O)C1CSCN1. The summed E-state index contributed by atoms with van der Waals surface area (Å²) in [6, 6.07) is 4.06. The van der Waals surface area contributed by atoms with Gasteiger partial charge in [0.1, 0.15) is 12.4 Å². The van der Waals surface area contributed by atoms with Gasteiger partial charge in [0, 0.05) is 11.6 Å². The summed E-state index contributed by atoms with van der Waals surface area (Å²) >= 11 is 1.77. The lowest BCUT2D eigenvalue weighted by Gasteiger charge is -2.32. The van der Waals surface area contributed by atoms with E-state index in [-0.39, 0.29) is 11.9 Å². The number of hydrogen-bond donors (Lipinski definition) is 1. The Hall–Kier alpha value is -1.20. The molecule has 1 aromatic carbocycles. The maximum absolute atomic E-state index is 12.6. The van der Waals surface area contributed by atoms with Crippen LogP contribution in [0.1, 0.15) is 11.1 Å². The van der Waals surface area contributed by atoms with Gasteiger partial charge < -0.3 is 9.64 Å². The molecule has 0 radical (unpaired) electrons. The number of nitrogens with one attached hydrogen (secondary N) is 1. The number of rotatable bonds is 1. The minimum atomic E-state index is -0.0587. The number of carbonyl (C=O) groups is 1. The molecule has 5 heteroatoms. The van der Waals surface area contributed by atoms with Crippen LogP contribution in [0.3, 0.4) is 0 Å². The van der Waals surface area contributed by atoms with E-state index in [9.17, 15) is 4.79 Å². The van der Waals surface area contributed by atoms with Crippen LogP contribution in [-0.2, 0) is 4.79 Å². The smallest absolute Gasteiger partial charge is 0.245 e. The zero-order valence-electron chi connectivity index (χ0n) is 11.2. The van der Waals surface area contributed by atoms with Gasteiger partial charge >= 0.3 is 0 Å². The summed E-state index contributed by atoms with van der Waals surface area (Å²) in [5.41, 5.74) is 3.22. The van der Waals surface area contributed by atoms with Crippen molar-refractivity contribution in [2.24, 2.45) is 0 Å². The van der Waals surface area contributed by atoms with Crippen LogP contribution in [0, 0.1) is 13.8 Å². The second-order valence-corrected chi connectivity index (χ2v) is 6.07. The average molecular weight is 278 g/mol. The highest BCUT2D eigenvalue weighted by Gasteiger charge is 2.32. The van der Waals surface area contributed by atoms with E-state index in [1.165, 1.54) is 5.56 Å². The predicted octanol–water partition coefficient (Wildman–Crippen LogP) is 1.69. The minimum Gasteiger partial charge on any atom is -0.490 e. The molecule has 0 aliphatic carbocycles. The summed E-state index contributed by atoms with van der Waals surface area (Å²) < 4.78 is 5.71. The van der Waals surface area contributed by atoms with Gasteiger partial charge in [-0.25, -0.2) is 0 Å². The molecule has 2 aliphatic rings. The zero-order valence-corrected chi connectivity index (χ0v) is 12.0. The van der Waals surface area contributed by atoms with Crippen LogP contribution in [0.15, 0.2) is 12.1 Å². The first-order chi connectivity index (χ1) is 9.16. The van der Waals surface area contributed by atoms with Crippen molar-refractivity contribution in [2.45, 2.75) is 19.9 Å². The van der Waals surface area contributed by atoms with Crippen LogP contribution in [0.25, 0.3) is 0 Å². The van der Waals surface area contributed by atoms with E-state index in [4.69, 9.17) is 4.74 Å². The molecule has 0 aromatic heterocycles. The van der Waals surface area contributed by atoms with Gasteiger partial charge in [0.15, 0.2) is 0 Å². The van der Waals surface area contributed by atoms with E-state index >= 15 is 0 Å². The third-order valence-corrected chi connectivity index (χ3v) is 4.47. The summed E-state index contributed by atoms with van der Waals surface area (Å²) in [5, 5.41) is 3.25. The van der Waals surface area contributed by atoms with Crippen molar-refractivity contribution in [2.75, 3.05) is 29.7 Å². The van der Waals surface area contributed by atoms with E-state index in [0.717, 1.165) is 28.6 Å². The van der Waals surface area contributed by atoms with Crippen molar-refractivity contribution in [3.8, 4) is 5.75 Å². The highest BCUT2D eigenvalue weighted by molar-refractivity contribution is 7.99. The molecule has 102 valence electrons. The molecule has 2 aliphatic heterocycles. The van der Waals surface area contributed by atoms with Gasteiger partial charge in [0.2, 0.25) is 5.91 Å². The summed E-state index contributed by atoms with van der Waals surface area (Å²) in [4.78, 5) is 14.5. The number of benzene rings is 1. The average Bonchev–Trinajstić information content (AvgIpc) is 2.90. The lowest BCUT2D eigenvalue weighted by atomic mass is 10.1. The lowest BCUT2D eigenvalue weighted by Crippen LogP contribution is -2.48. The second kappa shape index (κ2) is 5.06. The number of fused-ring (bicyclic) bond motifs is 1. The third-order valence-electron chi connectivity index (χ3n) is 3.53. The van der Waals surface area contributed by atoms with Crippen LogP contribution in [0.2, 0.25) is 0 Å². The molecule has 4 nitrogen and oxygen atoms in total. The standard InChI is InChI=1S/C14H18N2O2S/c1-9-5-10(2)13-12(6-9)18-4-3-16(13)14(17)11-7-19-8-15-11/h5-6,11,15H,3-4,7-8H2,1-2H3. The van der Waals surface area contributed by atoms with E-state index in [1.54, 1.807) is 11.8 Å². The Morgan fingerprint density at radius 1 is 1.47 bits per heavy atom. The highest BCUT2D eigenvalue weighted by Crippen LogP contribution is 2.36. The molecular formula is C14H18N2O2S. The van der Waals surface area contributed by atoms with Crippen LogP contribution in [-0.4, -0.2) is 36.7 Å². The van der Waals surface area contributed by atoms with Crippen molar-refractivity contribution >= 4 is 23.4 Å². The Labute approximate surface area is 117 Å². The normalized spacial score (nSPS) is 22.0. The molecule has 19 heavy (non-hydrogen) atoms. The van der Waals surface area contributed by atoms with E-state index < -0.39 is 0 Å². The van der Waals surface area contributed by atoms with Gasteiger partial charge in [-0.2, -0.15) is 0 Å². The number of hydrogen-bond acceptors (Lipinski definition) is 4. The monoisotopic (exact) mass is 278 g/mol. The molecule has 0 spiro atoms. The number of carbonyl (C=O) groups excluding carboxylic acids is 1. The van der Waals surface area contributed by atoms with E-state index in [2.05, 4.69) is 11.4 Å². The molecular weight excluding hydrogens is 260 g/mol. The molecule has 1 aromatic rings. The fourth-order valence-electron chi connectivity index (χ4n) is 2.70. The number of nitrogens with zero attached hydrogens (tertiary/aromatic N) is 1. The molecule has 2 heterocycles. The molecule has 1 atom stereocenters. The van der Waals surface area contributed by atoms with Crippen LogP contribution >= 0.6 is 11.8 Å². The van der Waals surface area contributed by atoms with Crippen LogP contribution in [0.4, 0.5) is 5.69 Å². The highest BCUT2D eigenvalue weighted by atomic mass is 32.2. The molecule has 0 saturated carbocycles. The number of anilines is 1. The summed E-state index contributed by atoms with van der Waals surface area (Å²) in [7, 11) is 0. The molecule has 1 amide bonds. The summed E-state index contributed by atoms with van der Waals surface area (Å²) in [6.45, 7) is 5.30.